The molecule has 0 spiro atoms. The van der Waals surface area contributed by atoms with Crippen LogP contribution in [-0.2, 0) is 14.3 Å². The minimum absolute atomic E-state index is 0.00384. The molecule has 188 valence electrons. The van der Waals surface area contributed by atoms with E-state index in [4.69, 9.17) is 9.84 Å². The van der Waals surface area contributed by atoms with Crippen molar-refractivity contribution in [3.63, 3.8) is 0 Å². The molecule has 0 saturated heterocycles. The Labute approximate surface area is 200 Å². The van der Waals surface area contributed by atoms with Gasteiger partial charge in [0.1, 0.15) is 12.6 Å². The molecule has 0 bridgehead atoms. The fourth-order valence-corrected chi connectivity index (χ4v) is 4.12. The molecule has 3 N–H and O–H groups in total. The van der Waals surface area contributed by atoms with E-state index in [2.05, 4.69) is 5.32 Å². The molecule has 2 aromatic rings. The molecule has 0 heterocycles. The Kier molecular flexibility index (Phi) is 8.03. The zero-order chi connectivity index (χ0) is 25.8. The summed E-state index contributed by atoms with van der Waals surface area (Å²) in [4.78, 5) is 36.1. The van der Waals surface area contributed by atoms with Crippen LogP contribution in [0.5, 0.6) is 0 Å². The second-order valence-electron chi connectivity index (χ2n) is 8.51. The van der Waals surface area contributed by atoms with Crippen LogP contribution in [-0.4, -0.2) is 48.4 Å². The molecule has 3 atom stereocenters. The van der Waals surface area contributed by atoms with Gasteiger partial charge in [0.05, 0.1) is 0 Å². The molecule has 0 aliphatic heterocycles. The molecule has 0 aromatic heterocycles. The van der Waals surface area contributed by atoms with E-state index >= 15 is 0 Å². The van der Waals surface area contributed by atoms with Crippen molar-refractivity contribution < 1.29 is 37.4 Å². The number of benzene rings is 2. The first-order valence-electron chi connectivity index (χ1n) is 11.2. The number of aliphatic carboxylic acids is 1. The predicted octanol–water partition coefficient (Wildman–Crippen LogP) is 4.32. The fraction of sp³-hybridized carbons (Fsp3) is 0.400. The molecule has 7 nitrogen and oxygen atoms in total. The van der Waals surface area contributed by atoms with Crippen LogP contribution in [0.2, 0.25) is 0 Å². The normalized spacial score (nSPS) is 15.3. The van der Waals surface area contributed by atoms with Gasteiger partial charge < -0.3 is 20.5 Å². The number of carbonyl (C=O) groups excluding carboxylic acids is 2. The average Bonchev–Trinajstić information content (AvgIpc) is 3.13. The summed E-state index contributed by atoms with van der Waals surface area (Å²) in [5, 5.41) is 13.2. The molecule has 3 rings (SSSR count). The maximum atomic E-state index is 12.9. The van der Waals surface area contributed by atoms with Crippen LogP contribution in [0.3, 0.4) is 0 Å². The lowest BCUT2D eigenvalue weighted by atomic mass is 9.98. The first-order valence-corrected chi connectivity index (χ1v) is 11.2. The molecule has 1 aliphatic carbocycles. The Balaban J connectivity index is 1.65. The van der Waals surface area contributed by atoms with Crippen LogP contribution in [0.15, 0.2) is 48.5 Å². The molecule has 2 amide bonds. The van der Waals surface area contributed by atoms with E-state index in [1.165, 1.54) is 0 Å². The van der Waals surface area contributed by atoms with Crippen molar-refractivity contribution in [2.24, 2.45) is 11.8 Å². The van der Waals surface area contributed by atoms with Gasteiger partial charge in [-0.2, -0.15) is 13.2 Å². The predicted molar refractivity (Wildman–Crippen MR) is 122 cm³/mol. The number of amides is 2. The molecule has 0 saturated carbocycles. The van der Waals surface area contributed by atoms with E-state index in [9.17, 15) is 27.6 Å². The molecule has 2 aromatic carbocycles. The van der Waals surface area contributed by atoms with Crippen molar-refractivity contribution in [2.75, 3.05) is 13.2 Å². The third kappa shape index (κ3) is 5.93. The van der Waals surface area contributed by atoms with E-state index in [-0.39, 0.29) is 12.5 Å². The Hall–Kier alpha value is -3.56. The third-order valence-corrected chi connectivity index (χ3v) is 6.29. The van der Waals surface area contributed by atoms with Gasteiger partial charge >= 0.3 is 18.2 Å². The van der Waals surface area contributed by atoms with Crippen molar-refractivity contribution in [2.45, 2.75) is 38.4 Å². The lowest BCUT2D eigenvalue weighted by Crippen LogP contribution is -2.52. The first kappa shape index (κ1) is 26.1. The summed E-state index contributed by atoms with van der Waals surface area (Å²) in [6.45, 7) is 2.26. The second kappa shape index (κ2) is 10.8. The molecule has 35 heavy (non-hydrogen) atoms. The number of carboxylic acid groups (broad SMARTS) is 1. The zero-order valence-electron chi connectivity index (χ0n) is 19.3. The number of ether oxygens (including phenoxy) is 1. The SMILES string of the molecule is CCC(C)[C@H](NC(=O)OCC1c2ccccc2-c2ccccc21)C(=O)NCC(C(=O)O)C(F)(F)F. The fourth-order valence-electron chi connectivity index (χ4n) is 4.12. The summed E-state index contributed by atoms with van der Waals surface area (Å²) >= 11 is 0. The number of alkyl halides is 3. The van der Waals surface area contributed by atoms with Crippen LogP contribution in [0.4, 0.5) is 18.0 Å². The van der Waals surface area contributed by atoms with Gasteiger partial charge in [0.2, 0.25) is 5.91 Å². The van der Waals surface area contributed by atoms with Crippen LogP contribution >= 0.6 is 0 Å². The van der Waals surface area contributed by atoms with Gasteiger partial charge in [-0.15, -0.1) is 0 Å². The number of nitrogens with one attached hydrogen (secondary N) is 2. The Morgan fingerprint density at radius 3 is 2.06 bits per heavy atom. The van der Waals surface area contributed by atoms with Crippen molar-refractivity contribution in [3.05, 3.63) is 59.7 Å². The number of halogens is 3. The molecule has 2 unspecified atom stereocenters. The molecule has 1 aliphatic rings. The summed E-state index contributed by atoms with van der Waals surface area (Å²) in [7, 11) is 0. The smallest absolute Gasteiger partial charge is 0.407 e. The van der Waals surface area contributed by atoms with Crippen LogP contribution in [0, 0.1) is 11.8 Å². The van der Waals surface area contributed by atoms with Gasteiger partial charge in [-0.3, -0.25) is 9.59 Å². The molecule has 0 fully saturated rings. The lowest BCUT2D eigenvalue weighted by Gasteiger charge is -2.25. The highest BCUT2D eigenvalue weighted by atomic mass is 19.4. The summed E-state index contributed by atoms with van der Waals surface area (Å²) in [5.74, 6) is -6.40. The van der Waals surface area contributed by atoms with Gasteiger partial charge in [0, 0.05) is 12.5 Å². The lowest BCUT2D eigenvalue weighted by molar-refractivity contribution is -0.192. The maximum Gasteiger partial charge on any atom is 0.407 e. The largest absolute Gasteiger partial charge is 0.481 e. The average molecular weight is 492 g/mol. The van der Waals surface area contributed by atoms with Crippen molar-refractivity contribution >= 4 is 18.0 Å². The van der Waals surface area contributed by atoms with Crippen LogP contribution in [0.25, 0.3) is 11.1 Å². The number of hydrogen-bond acceptors (Lipinski definition) is 4. The summed E-state index contributed by atoms with van der Waals surface area (Å²) < 4.78 is 44.1. The second-order valence-corrected chi connectivity index (χ2v) is 8.51. The quantitative estimate of drug-likeness (QED) is 0.484. The standard InChI is InChI=1S/C25H27F3N2O5/c1-3-14(2)21(22(31)29-12-20(23(32)33)25(26,27)28)30-24(34)35-13-19-17-10-6-4-8-15(17)16-9-5-7-11-18(16)19/h4-11,14,19-21H,3,12-13H2,1-2H3,(H,29,31)(H,30,34)(H,32,33)/t14?,20?,21-/m0/s1. The van der Waals surface area contributed by atoms with Gasteiger partial charge in [-0.05, 0) is 28.2 Å². The molecule has 0 radical (unpaired) electrons. The van der Waals surface area contributed by atoms with Crippen LogP contribution < -0.4 is 10.6 Å². The van der Waals surface area contributed by atoms with Gasteiger partial charge in [0.25, 0.3) is 0 Å². The minimum Gasteiger partial charge on any atom is -0.481 e. The van der Waals surface area contributed by atoms with Gasteiger partial charge in [-0.25, -0.2) is 4.79 Å². The van der Waals surface area contributed by atoms with Gasteiger partial charge in [0.15, 0.2) is 5.92 Å². The number of hydrogen-bond donors (Lipinski definition) is 3. The summed E-state index contributed by atoms with van der Waals surface area (Å²) in [6, 6.07) is 14.3. The van der Waals surface area contributed by atoms with E-state index in [0.717, 1.165) is 22.3 Å². The topological polar surface area (TPSA) is 105 Å². The molecular formula is C25H27F3N2O5. The number of rotatable bonds is 9. The minimum atomic E-state index is -5.02. The zero-order valence-corrected chi connectivity index (χ0v) is 19.3. The molecular weight excluding hydrogens is 465 g/mol. The Bertz CT molecular complexity index is 1040. The summed E-state index contributed by atoms with van der Waals surface area (Å²) in [6.07, 6.45) is -5.48. The highest BCUT2D eigenvalue weighted by Crippen LogP contribution is 2.44. The molecule has 10 heteroatoms. The van der Waals surface area contributed by atoms with E-state index in [1.807, 2.05) is 53.8 Å². The van der Waals surface area contributed by atoms with Crippen LogP contribution in [0.1, 0.15) is 37.3 Å². The van der Waals surface area contributed by atoms with E-state index in [1.54, 1.807) is 13.8 Å². The highest BCUT2D eigenvalue weighted by Gasteiger charge is 2.45. The summed E-state index contributed by atoms with van der Waals surface area (Å²) in [5.41, 5.74) is 4.10. The third-order valence-electron chi connectivity index (χ3n) is 6.29. The Morgan fingerprint density at radius 1 is 1.03 bits per heavy atom. The first-order chi connectivity index (χ1) is 16.5. The highest BCUT2D eigenvalue weighted by molar-refractivity contribution is 5.86. The number of alkyl carbamates (subject to hydrolysis) is 1. The maximum absolute atomic E-state index is 12.9. The number of carbonyl (C=O) groups is 3. The van der Waals surface area contributed by atoms with E-state index < -0.39 is 48.6 Å². The van der Waals surface area contributed by atoms with E-state index in [0.29, 0.717) is 6.42 Å². The van der Waals surface area contributed by atoms with Crippen molar-refractivity contribution in [1.29, 1.82) is 0 Å². The Morgan fingerprint density at radius 2 is 1.57 bits per heavy atom. The van der Waals surface area contributed by atoms with Crippen molar-refractivity contribution in [1.82, 2.24) is 10.6 Å². The monoisotopic (exact) mass is 492 g/mol. The van der Waals surface area contributed by atoms with Crippen molar-refractivity contribution in [3.8, 4) is 11.1 Å². The number of fused-ring (bicyclic) bond motifs is 3. The van der Waals surface area contributed by atoms with Gasteiger partial charge in [-0.1, -0.05) is 68.8 Å². The number of carboxylic acids is 1.